The Balaban J connectivity index is 0.00000121. The summed E-state index contributed by atoms with van der Waals surface area (Å²) in [5.74, 6) is -0.198. The van der Waals surface area contributed by atoms with Gasteiger partial charge >= 0.3 is 0 Å². The number of fused-ring (bicyclic) bond motifs is 1. The fraction of sp³-hybridized carbons (Fsp3) is 0.214. The number of nitrogens with one attached hydrogen (secondary N) is 2. The van der Waals surface area contributed by atoms with E-state index in [1.165, 1.54) is 11.8 Å². The number of hydrogen-bond donors (Lipinski definition) is 2. The molecule has 0 unspecified atom stereocenters. The minimum Gasteiger partial charge on any atom is -0.362 e. The van der Waals surface area contributed by atoms with Crippen LogP contribution < -0.4 is 5.32 Å². The molecule has 2 aromatic heterocycles. The zero-order valence-electron chi connectivity index (χ0n) is 12.0. The molecular weight excluding hydrogens is 343 g/mol. The highest BCUT2D eigenvalue weighted by Gasteiger charge is 2.22. The Morgan fingerprint density at radius 3 is 2.86 bits per heavy atom. The SMILES string of the molecule is CC(C)NC1=NC(=O)C(=Cc2c[nH]c3ncccc23)S1.Cl.Cl. The minimum atomic E-state index is -0.198. The fourth-order valence-corrected chi connectivity index (χ4v) is 2.91. The highest BCUT2D eigenvalue weighted by atomic mass is 35.5. The molecule has 3 heterocycles. The molecule has 0 radical (unpaired) electrons. The highest BCUT2D eigenvalue weighted by molar-refractivity contribution is 8.18. The average Bonchev–Trinajstić information content (AvgIpc) is 2.95. The van der Waals surface area contributed by atoms with E-state index in [1.807, 2.05) is 38.3 Å². The molecule has 1 aliphatic rings. The number of carbonyl (C=O) groups excluding carboxylic acids is 1. The first-order chi connectivity index (χ1) is 9.63. The first-order valence-electron chi connectivity index (χ1n) is 6.34. The molecule has 3 rings (SSSR count). The van der Waals surface area contributed by atoms with Crippen molar-refractivity contribution in [2.24, 2.45) is 4.99 Å². The number of aromatic amines is 1. The highest BCUT2D eigenvalue weighted by Crippen LogP contribution is 2.29. The van der Waals surface area contributed by atoms with Gasteiger partial charge in [0.25, 0.3) is 5.91 Å². The van der Waals surface area contributed by atoms with Gasteiger partial charge in [-0.2, -0.15) is 4.99 Å². The van der Waals surface area contributed by atoms with Crippen molar-refractivity contribution in [1.29, 1.82) is 0 Å². The molecule has 1 aliphatic heterocycles. The summed E-state index contributed by atoms with van der Waals surface area (Å²) < 4.78 is 0. The van der Waals surface area contributed by atoms with Gasteiger partial charge < -0.3 is 10.3 Å². The van der Waals surface area contributed by atoms with Gasteiger partial charge in [-0.25, -0.2) is 4.98 Å². The van der Waals surface area contributed by atoms with Crippen LogP contribution in [-0.2, 0) is 4.79 Å². The third-order valence-electron chi connectivity index (χ3n) is 2.80. The number of rotatable bonds is 2. The van der Waals surface area contributed by atoms with Crippen molar-refractivity contribution < 1.29 is 4.79 Å². The third kappa shape index (κ3) is 3.82. The zero-order chi connectivity index (χ0) is 14.1. The monoisotopic (exact) mass is 358 g/mol. The van der Waals surface area contributed by atoms with Gasteiger partial charge in [-0.15, -0.1) is 24.8 Å². The quantitative estimate of drug-likeness (QED) is 0.807. The van der Waals surface area contributed by atoms with Gasteiger partial charge in [0.05, 0.1) is 4.91 Å². The number of thioether (sulfide) groups is 1. The summed E-state index contributed by atoms with van der Waals surface area (Å²) in [6, 6.07) is 4.11. The third-order valence-corrected chi connectivity index (χ3v) is 3.72. The van der Waals surface area contributed by atoms with Crippen molar-refractivity contribution >= 4 is 64.8 Å². The molecule has 0 fully saturated rings. The molecule has 0 bridgehead atoms. The second-order valence-electron chi connectivity index (χ2n) is 4.78. The van der Waals surface area contributed by atoms with Crippen molar-refractivity contribution in [3.05, 3.63) is 35.0 Å². The summed E-state index contributed by atoms with van der Waals surface area (Å²) >= 11 is 1.37. The maximum Gasteiger partial charge on any atom is 0.286 e. The van der Waals surface area contributed by atoms with E-state index in [0.29, 0.717) is 10.1 Å². The lowest BCUT2D eigenvalue weighted by molar-refractivity contribution is -0.113. The van der Waals surface area contributed by atoms with E-state index in [4.69, 9.17) is 0 Å². The smallest absolute Gasteiger partial charge is 0.286 e. The van der Waals surface area contributed by atoms with E-state index in [9.17, 15) is 4.79 Å². The molecule has 0 atom stereocenters. The molecule has 0 spiro atoms. The number of nitrogens with zero attached hydrogens (tertiary/aromatic N) is 2. The lowest BCUT2D eigenvalue weighted by Crippen LogP contribution is -2.26. The van der Waals surface area contributed by atoms with Crippen LogP contribution in [0.3, 0.4) is 0 Å². The molecule has 118 valence electrons. The van der Waals surface area contributed by atoms with Gasteiger partial charge in [-0.3, -0.25) is 4.79 Å². The van der Waals surface area contributed by atoms with Crippen LogP contribution in [-0.4, -0.2) is 27.1 Å². The van der Waals surface area contributed by atoms with Crippen molar-refractivity contribution in [2.75, 3.05) is 0 Å². The van der Waals surface area contributed by atoms with Crippen LogP contribution in [0.5, 0.6) is 0 Å². The fourth-order valence-electron chi connectivity index (χ4n) is 1.96. The van der Waals surface area contributed by atoms with Crippen molar-refractivity contribution in [3.63, 3.8) is 0 Å². The van der Waals surface area contributed by atoms with Crippen LogP contribution in [0.15, 0.2) is 34.4 Å². The maximum absolute atomic E-state index is 11.9. The number of amidine groups is 1. The normalized spacial score (nSPS) is 15.7. The number of carbonyl (C=O) groups is 1. The summed E-state index contributed by atoms with van der Waals surface area (Å²) in [4.78, 5) is 23.8. The Morgan fingerprint density at radius 1 is 1.36 bits per heavy atom. The Morgan fingerprint density at radius 2 is 2.14 bits per heavy atom. The lowest BCUT2D eigenvalue weighted by Gasteiger charge is -2.06. The molecule has 0 saturated carbocycles. The zero-order valence-corrected chi connectivity index (χ0v) is 14.4. The predicted octanol–water partition coefficient (Wildman–Crippen LogP) is 3.37. The standard InChI is InChI=1S/C14H14N4OS.2ClH/c1-8(2)17-14-18-13(19)11(20-14)6-9-7-16-12-10(9)4-3-5-15-12;;/h3-8H,1-2H3,(H,15,16)(H,17,18,19);2*1H. The van der Waals surface area contributed by atoms with Gasteiger partial charge in [-0.1, -0.05) is 0 Å². The van der Waals surface area contributed by atoms with Crippen LogP contribution >= 0.6 is 36.6 Å². The molecular formula is C14H16Cl2N4OS. The van der Waals surface area contributed by atoms with Crippen LogP contribution in [0.2, 0.25) is 0 Å². The number of amides is 1. The summed E-state index contributed by atoms with van der Waals surface area (Å²) in [5, 5.41) is 4.81. The second-order valence-corrected chi connectivity index (χ2v) is 5.81. The topological polar surface area (TPSA) is 70.1 Å². The average molecular weight is 359 g/mol. The van der Waals surface area contributed by atoms with Gasteiger partial charge in [0.1, 0.15) is 5.65 Å². The van der Waals surface area contributed by atoms with Gasteiger partial charge in [-0.05, 0) is 43.8 Å². The van der Waals surface area contributed by atoms with E-state index in [2.05, 4.69) is 20.3 Å². The number of halogens is 2. The predicted molar refractivity (Wildman–Crippen MR) is 96.9 cm³/mol. The van der Waals surface area contributed by atoms with Crippen LogP contribution in [0.4, 0.5) is 0 Å². The number of hydrogen-bond acceptors (Lipinski definition) is 4. The van der Waals surface area contributed by atoms with Gasteiger partial charge in [0.2, 0.25) is 0 Å². The first-order valence-corrected chi connectivity index (χ1v) is 7.16. The van der Waals surface area contributed by atoms with Crippen LogP contribution in [0, 0.1) is 0 Å². The molecule has 0 aliphatic carbocycles. The second kappa shape index (κ2) is 7.67. The molecule has 2 aromatic rings. The number of pyridine rings is 1. The van der Waals surface area contributed by atoms with Gasteiger partial charge in [0, 0.05) is 29.4 Å². The Labute approximate surface area is 144 Å². The summed E-state index contributed by atoms with van der Waals surface area (Å²) in [5.41, 5.74) is 1.76. The van der Waals surface area contributed by atoms with E-state index in [1.54, 1.807) is 6.20 Å². The number of aromatic nitrogens is 2. The van der Waals surface area contributed by atoms with Crippen molar-refractivity contribution in [1.82, 2.24) is 15.3 Å². The number of aliphatic imine (C=N–C) groups is 1. The molecule has 0 aromatic carbocycles. The maximum atomic E-state index is 11.9. The van der Waals surface area contributed by atoms with Crippen LogP contribution in [0.1, 0.15) is 19.4 Å². The van der Waals surface area contributed by atoms with Gasteiger partial charge in [0.15, 0.2) is 5.17 Å². The largest absolute Gasteiger partial charge is 0.362 e. The molecule has 0 saturated heterocycles. The summed E-state index contributed by atoms with van der Waals surface area (Å²) in [6.45, 7) is 4.03. The first kappa shape index (κ1) is 18.5. The Kier molecular flexibility index (Phi) is 6.47. The molecule has 8 heteroatoms. The lowest BCUT2D eigenvalue weighted by atomic mass is 10.2. The van der Waals surface area contributed by atoms with E-state index >= 15 is 0 Å². The molecule has 5 nitrogen and oxygen atoms in total. The van der Waals surface area contributed by atoms with Crippen molar-refractivity contribution in [2.45, 2.75) is 19.9 Å². The van der Waals surface area contributed by atoms with Crippen LogP contribution in [0.25, 0.3) is 17.1 Å². The summed E-state index contributed by atoms with van der Waals surface area (Å²) in [7, 11) is 0. The van der Waals surface area contributed by atoms with Crippen molar-refractivity contribution in [3.8, 4) is 0 Å². The Hall–Kier alpha value is -1.50. The molecule has 1 amide bonds. The van der Waals surface area contributed by atoms with E-state index < -0.39 is 0 Å². The Bertz CT molecular complexity index is 739. The minimum absolute atomic E-state index is 0. The molecule has 2 N–H and O–H groups in total. The number of H-pyrrole nitrogens is 1. The van der Waals surface area contributed by atoms with E-state index in [0.717, 1.165) is 16.6 Å². The molecule has 22 heavy (non-hydrogen) atoms. The van der Waals surface area contributed by atoms with E-state index in [-0.39, 0.29) is 36.8 Å². The summed E-state index contributed by atoms with van der Waals surface area (Å²) in [6.07, 6.45) is 5.44.